The number of fused-ring (bicyclic) bond motifs is 7. The first-order valence-corrected chi connectivity index (χ1v) is 15.6. The molecule has 0 spiro atoms. The number of hydrogen-bond acceptors (Lipinski definition) is 3. The first kappa shape index (κ1) is 25.0. The molecule has 0 aliphatic heterocycles. The molecule has 4 nitrogen and oxygen atoms in total. The van der Waals surface area contributed by atoms with E-state index in [1.54, 1.807) is 0 Å². The van der Waals surface area contributed by atoms with Gasteiger partial charge in [0.25, 0.3) is 0 Å². The topological polar surface area (TPSA) is 35.6 Å². The summed E-state index contributed by atoms with van der Waals surface area (Å²) in [6.45, 7) is 0.604. The molecule has 9 rings (SSSR count). The summed E-state index contributed by atoms with van der Waals surface area (Å²) >= 11 is 1.88. The summed E-state index contributed by atoms with van der Waals surface area (Å²) in [6, 6.07) is 51.5. The molecule has 0 aliphatic rings. The summed E-state index contributed by atoms with van der Waals surface area (Å²) in [6.07, 6.45) is 0. The van der Waals surface area contributed by atoms with Crippen LogP contribution in [0, 0.1) is 0 Å². The number of benzene rings is 6. The van der Waals surface area contributed by atoms with Gasteiger partial charge in [-0.2, -0.15) is 5.10 Å². The molecule has 6 aromatic carbocycles. The zero-order valence-corrected chi connectivity index (χ0v) is 24.6. The van der Waals surface area contributed by atoms with Gasteiger partial charge < -0.3 is 4.57 Å². The van der Waals surface area contributed by atoms with Crippen molar-refractivity contribution in [3.8, 4) is 28.5 Å². The molecule has 5 heteroatoms. The van der Waals surface area contributed by atoms with Crippen LogP contribution in [0.15, 0.2) is 146 Å². The van der Waals surface area contributed by atoms with Crippen molar-refractivity contribution < 1.29 is 0 Å². The second-order valence-electron chi connectivity index (χ2n) is 11.1. The van der Waals surface area contributed by atoms with Crippen molar-refractivity contribution in [2.45, 2.75) is 6.54 Å². The van der Waals surface area contributed by atoms with Crippen molar-refractivity contribution in [3.05, 3.63) is 151 Å². The molecule has 0 unspecified atom stereocenters. The van der Waals surface area contributed by atoms with Gasteiger partial charge in [0.2, 0.25) is 0 Å². The number of para-hydroxylation sites is 1. The summed E-state index contributed by atoms with van der Waals surface area (Å²) in [5.74, 6) is 1.59. The van der Waals surface area contributed by atoms with E-state index in [0.717, 1.165) is 28.5 Å². The van der Waals surface area contributed by atoms with Gasteiger partial charge in [0.1, 0.15) is 0 Å². The van der Waals surface area contributed by atoms with E-state index in [1.165, 1.54) is 47.5 Å². The van der Waals surface area contributed by atoms with Gasteiger partial charge in [-0.15, -0.1) is 11.3 Å². The maximum atomic E-state index is 5.01. The Balaban J connectivity index is 1.22. The van der Waals surface area contributed by atoms with E-state index < -0.39 is 0 Å². The van der Waals surface area contributed by atoms with Gasteiger partial charge in [0.15, 0.2) is 11.6 Å². The average molecular weight is 583 g/mol. The van der Waals surface area contributed by atoms with Crippen LogP contribution in [0.2, 0.25) is 0 Å². The second-order valence-corrected chi connectivity index (χ2v) is 12.2. The van der Waals surface area contributed by atoms with E-state index in [-0.39, 0.29) is 0 Å². The highest BCUT2D eigenvalue weighted by atomic mass is 32.1. The molecule has 0 atom stereocenters. The third-order valence-electron chi connectivity index (χ3n) is 8.42. The zero-order valence-electron chi connectivity index (χ0n) is 23.8. The minimum Gasteiger partial charge on any atom is -0.308 e. The molecular weight excluding hydrogens is 557 g/mol. The zero-order chi connectivity index (χ0) is 29.0. The average Bonchev–Trinajstić information content (AvgIpc) is 3.78. The van der Waals surface area contributed by atoms with E-state index in [0.29, 0.717) is 6.54 Å². The van der Waals surface area contributed by atoms with Crippen molar-refractivity contribution >= 4 is 53.3 Å². The maximum absolute atomic E-state index is 5.01. The Kier molecular flexibility index (Phi) is 5.71. The SMILES string of the molecule is c1ccc(-c2nc(-c3ccccc3)n(Cc3cccc(-n4c5ccccc5c5ccc6c7ccccc7sc6c54)c3)n2)cc1. The summed E-state index contributed by atoms with van der Waals surface area (Å²) in [4.78, 5) is 5.00. The number of nitrogens with zero attached hydrogens (tertiary/aromatic N) is 4. The lowest BCUT2D eigenvalue weighted by Crippen LogP contribution is -2.05. The van der Waals surface area contributed by atoms with Gasteiger partial charge >= 0.3 is 0 Å². The fourth-order valence-corrected chi connectivity index (χ4v) is 7.67. The van der Waals surface area contributed by atoms with E-state index in [9.17, 15) is 0 Å². The van der Waals surface area contributed by atoms with Crippen LogP contribution in [0.3, 0.4) is 0 Å². The summed E-state index contributed by atoms with van der Waals surface area (Å²) in [7, 11) is 0. The van der Waals surface area contributed by atoms with Crippen LogP contribution in [0.1, 0.15) is 5.56 Å². The Morgan fingerprint density at radius 3 is 2.11 bits per heavy atom. The Labute approximate surface area is 258 Å². The molecule has 9 aromatic rings. The molecule has 3 aromatic heterocycles. The molecule has 44 heavy (non-hydrogen) atoms. The minimum absolute atomic E-state index is 0.604. The van der Waals surface area contributed by atoms with Crippen LogP contribution < -0.4 is 0 Å². The summed E-state index contributed by atoms with van der Waals surface area (Å²) < 4.78 is 7.11. The lowest BCUT2D eigenvalue weighted by molar-refractivity contribution is 0.695. The van der Waals surface area contributed by atoms with Gasteiger partial charge in [0.05, 0.1) is 22.3 Å². The van der Waals surface area contributed by atoms with E-state index in [1.807, 2.05) is 52.4 Å². The van der Waals surface area contributed by atoms with Crippen molar-refractivity contribution in [3.63, 3.8) is 0 Å². The minimum atomic E-state index is 0.604. The quantitative estimate of drug-likeness (QED) is 0.202. The predicted octanol–water partition coefficient (Wildman–Crippen LogP) is 10.1. The van der Waals surface area contributed by atoms with E-state index in [2.05, 4.69) is 114 Å². The third-order valence-corrected chi connectivity index (χ3v) is 9.61. The van der Waals surface area contributed by atoms with Crippen LogP contribution in [0.25, 0.3) is 70.4 Å². The Morgan fingerprint density at radius 1 is 0.568 bits per heavy atom. The molecule has 0 fully saturated rings. The standard InChI is InChI=1S/C39H26N4S/c1-3-13-27(14-4-1)38-40-39(28-15-5-2-6-16-28)42(41-38)25-26-12-11-17-29(24-26)43-34-20-9-7-18-30(34)32-22-23-33-31-19-8-10-21-35(31)44-37(33)36(32)43/h1-24H,25H2. The maximum Gasteiger partial charge on any atom is 0.181 e. The molecule has 0 bridgehead atoms. The fourth-order valence-electron chi connectivity index (χ4n) is 6.43. The first-order chi connectivity index (χ1) is 21.8. The van der Waals surface area contributed by atoms with Gasteiger partial charge in [-0.3, -0.25) is 0 Å². The summed E-state index contributed by atoms with van der Waals surface area (Å²) in [5.41, 5.74) is 6.84. The number of hydrogen-bond donors (Lipinski definition) is 0. The Hall–Kier alpha value is -5.52. The number of aromatic nitrogens is 4. The predicted molar refractivity (Wildman–Crippen MR) is 184 cm³/mol. The second kappa shape index (κ2) is 10.0. The molecule has 3 heterocycles. The van der Waals surface area contributed by atoms with Crippen molar-refractivity contribution in [1.82, 2.24) is 19.3 Å². The third kappa shape index (κ3) is 3.98. The lowest BCUT2D eigenvalue weighted by Gasteiger charge is -2.12. The van der Waals surface area contributed by atoms with Crippen LogP contribution in [0.5, 0.6) is 0 Å². The molecule has 0 N–H and O–H groups in total. The van der Waals surface area contributed by atoms with Gasteiger partial charge in [0, 0.05) is 43.1 Å². The highest BCUT2D eigenvalue weighted by Gasteiger charge is 2.18. The van der Waals surface area contributed by atoms with E-state index in [4.69, 9.17) is 10.1 Å². The van der Waals surface area contributed by atoms with Crippen molar-refractivity contribution in [1.29, 1.82) is 0 Å². The summed E-state index contributed by atoms with van der Waals surface area (Å²) in [5, 5.41) is 10.2. The van der Waals surface area contributed by atoms with Crippen molar-refractivity contribution in [2.75, 3.05) is 0 Å². The molecule has 0 aliphatic carbocycles. The van der Waals surface area contributed by atoms with Gasteiger partial charge in [-0.1, -0.05) is 121 Å². The highest BCUT2D eigenvalue weighted by molar-refractivity contribution is 7.26. The molecule has 0 radical (unpaired) electrons. The fraction of sp³-hybridized carbons (Fsp3) is 0.0256. The Bertz CT molecular complexity index is 2470. The number of rotatable bonds is 5. The Morgan fingerprint density at radius 2 is 1.27 bits per heavy atom. The number of thiophene rings is 1. The smallest absolute Gasteiger partial charge is 0.181 e. The molecule has 0 saturated heterocycles. The lowest BCUT2D eigenvalue weighted by atomic mass is 10.1. The molecular formula is C39H26N4S. The highest BCUT2D eigenvalue weighted by Crippen LogP contribution is 2.42. The largest absolute Gasteiger partial charge is 0.308 e. The van der Waals surface area contributed by atoms with Crippen LogP contribution in [-0.4, -0.2) is 19.3 Å². The normalized spacial score (nSPS) is 11.7. The van der Waals surface area contributed by atoms with Gasteiger partial charge in [-0.25, -0.2) is 9.67 Å². The monoisotopic (exact) mass is 582 g/mol. The van der Waals surface area contributed by atoms with Crippen LogP contribution >= 0.6 is 11.3 Å². The van der Waals surface area contributed by atoms with Crippen LogP contribution in [0.4, 0.5) is 0 Å². The molecule has 0 amide bonds. The van der Waals surface area contributed by atoms with Gasteiger partial charge in [-0.05, 0) is 29.8 Å². The van der Waals surface area contributed by atoms with Crippen molar-refractivity contribution in [2.24, 2.45) is 0 Å². The van der Waals surface area contributed by atoms with E-state index >= 15 is 0 Å². The first-order valence-electron chi connectivity index (χ1n) is 14.8. The molecule has 208 valence electrons. The molecule has 0 saturated carbocycles. The van der Waals surface area contributed by atoms with Crippen LogP contribution in [-0.2, 0) is 6.54 Å².